The highest BCUT2D eigenvalue weighted by Gasteiger charge is 2.26. The fraction of sp³-hybridized carbons (Fsp3) is 0.600. The minimum absolute atomic E-state index is 0.0946. The van der Waals surface area contributed by atoms with Crippen molar-refractivity contribution in [3.63, 3.8) is 0 Å². The van der Waals surface area contributed by atoms with Crippen molar-refractivity contribution in [1.29, 1.82) is 0 Å². The van der Waals surface area contributed by atoms with Gasteiger partial charge in [-0.2, -0.15) is 0 Å². The second kappa shape index (κ2) is 9.44. The quantitative estimate of drug-likeness (QED) is 0.857. The Kier molecular flexibility index (Phi) is 7.29. The molecule has 5 nitrogen and oxygen atoms in total. The van der Waals surface area contributed by atoms with Gasteiger partial charge in [-0.1, -0.05) is 44.2 Å². The van der Waals surface area contributed by atoms with Crippen LogP contribution < -0.4 is 5.32 Å². The van der Waals surface area contributed by atoms with Gasteiger partial charge in [0, 0.05) is 25.6 Å². The van der Waals surface area contributed by atoms with Crippen LogP contribution in [0.2, 0.25) is 0 Å². The van der Waals surface area contributed by atoms with Gasteiger partial charge < -0.3 is 15.0 Å². The molecule has 25 heavy (non-hydrogen) atoms. The summed E-state index contributed by atoms with van der Waals surface area (Å²) in [6.07, 6.45) is 1.81. The molecule has 2 amide bonds. The summed E-state index contributed by atoms with van der Waals surface area (Å²) in [5, 5.41) is 3.15. The molecular weight excluding hydrogens is 316 g/mol. The number of nitrogens with one attached hydrogen (secondary N) is 1. The zero-order valence-corrected chi connectivity index (χ0v) is 15.5. The number of carbonyl (C=O) groups excluding carboxylic acids is 2. The van der Waals surface area contributed by atoms with Gasteiger partial charge in [-0.15, -0.1) is 0 Å². The number of hydrogen-bond acceptors (Lipinski definition) is 3. The van der Waals surface area contributed by atoms with Gasteiger partial charge in [-0.25, -0.2) is 4.79 Å². The molecule has 1 aliphatic rings. The summed E-state index contributed by atoms with van der Waals surface area (Å²) in [5.74, 6) is 0.719. The summed E-state index contributed by atoms with van der Waals surface area (Å²) in [6.45, 7) is 7.78. The van der Waals surface area contributed by atoms with Crippen molar-refractivity contribution in [2.24, 2.45) is 5.92 Å². The Bertz CT molecular complexity index is 551. The lowest BCUT2D eigenvalue weighted by molar-refractivity contribution is -0.122. The van der Waals surface area contributed by atoms with Gasteiger partial charge in [-0.3, -0.25) is 4.79 Å². The highest BCUT2D eigenvalue weighted by Crippen LogP contribution is 2.27. The molecule has 0 aromatic heterocycles. The summed E-state index contributed by atoms with van der Waals surface area (Å²) in [7, 11) is 0. The van der Waals surface area contributed by atoms with Crippen LogP contribution in [0.25, 0.3) is 0 Å². The van der Waals surface area contributed by atoms with Gasteiger partial charge in [0.1, 0.15) is 0 Å². The summed E-state index contributed by atoms with van der Waals surface area (Å²) in [5.41, 5.74) is 1.21. The van der Waals surface area contributed by atoms with E-state index in [9.17, 15) is 9.59 Å². The first-order valence-electron chi connectivity index (χ1n) is 9.27. The second-order valence-corrected chi connectivity index (χ2v) is 6.99. The molecule has 1 aromatic carbocycles. The SMILES string of the molecule is CCOC(=O)N1CCC(NC(=O)CC(c2ccccc2)C(C)C)CC1. The van der Waals surface area contributed by atoms with Crippen molar-refractivity contribution >= 4 is 12.0 Å². The first-order valence-corrected chi connectivity index (χ1v) is 9.27. The van der Waals surface area contributed by atoms with Crippen LogP contribution in [0.4, 0.5) is 4.79 Å². The molecule has 1 aromatic rings. The monoisotopic (exact) mass is 346 g/mol. The largest absolute Gasteiger partial charge is 0.450 e. The molecule has 0 bridgehead atoms. The molecule has 0 radical (unpaired) electrons. The van der Waals surface area contributed by atoms with Crippen LogP contribution in [-0.2, 0) is 9.53 Å². The number of piperidine rings is 1. The number of rotatable bonds is 6. The third kappa shape index (κ3) is 5.76. The zero-order chi connectivity index (χ0) is 18.2. The molecule has 1 fully saturated rings. The van der Waals surface area contributed by atoms with Crippen LogP contribution in [0, 0.1) is 5.92 Å². The number of likely N-dealkylation sites (tertiary alicyclic amines) is 1. The number of hydrogen-bond donors (Lipinski definition) is 1. The summed E-state index contributed by atoms with van der Waals surface area (Å²) < 4.78 is 5.03. The summed E-state index contributed by atoms with van der Waals surface area (Å²) in [6, 6.07) is 10.4. The van der Waals surface area contributed by atoms with Crippen molar-refractivity contribution in [3.05, 3.63) is 35.9 Å². The first-order chi connectivity index (χ1) is 12.0. The van der Waals surface area contributed by atoms with Crippen LogP contribution in [0.3, 0.4) is 0 Å². The Morgan fingerprint density at radius 2 is 1.84 bits per heavy atom. The minimum Gasteiger partial charge on any atom is -0.450 e. The molecule has 0 spiro atoms. The fourth-order valence-electron chi connectivity index (χ4n) is 3.35. The van der Waals surface area contributed by atoms with Crippen LogP contribution in [0.5, 0.6) is 0 Å². The van der Waals surface area contributed by atoms with E-state index < -0.39 is 0 Å². The maximum absolute atomic E-state index is 12.5. The highest BCUT2D eigenvalue weighted by molar-refractivity contribution is 5.77. The zero-order valence-electron chi connectivity index (χ0n) is 15.5. The van der Waals surface area contributed by atoms with E-state index in [4.69, 9.17) is 4.74 Å². The van der Waals surface area contributed by atoms with E-state index >= 15 is 0 Å². The van der Waals surface area contributed by atoms with E-state index in [1.165, 1.54) is 5.56 Å². The Morgan fingerprint density at radius 3 is 2.40 bits per heavy atom. The second-order valence-electron chi connectivity index (χ2n) is 6.99. The Morgan fingerprint density at radius 1 is 1.20 bits per heavy atom. The topological polar surface area (TPSA) is 58.6 Å². The van der Waals surface area contributed by atoms with E-state index in [1.54, 1.807) is 4.90 Å². The van der Waals surface area contributed by atoms with Crippen molar-refractivity contribution < 1.29 is 14.3 Å². The van der Waals surface area contributed by atoms with Crippen LogP contribution in [-0.4, -0.2) is 42.6 Å². The average Bonchev–Trinajstić information content (AvgIpc) is 2.61. The van der Waals surface area contributed by atoms with Gasteiger partial charge in [0.2, 0.25) is 5.91 Å². The van der Waals surface area contributed by atoms with Crippen LogP contribution in [0.1, 0.15) is 51.5 Å². The maximum Gasteiger partial charge on any atom is 0.409 e. The van der Waals surface area contributed by atoms with Crippen LogP contribution in [0.15, 0.2) is 30.3 Å². The molecule has 1 aliphatic heterocycles. The molecule has 1 unspecified atom stereocenters. The Hall–Kier alpha value is -2.04. The molecular formula is C20H30N2O3. The van der Waals surface area contributed by atoms with Gasteiger partial charge in [0.25, 0.3) is 0 Å². The first kappa shape index (κ1) is 19.3. The number of amides is 2. The Balaban J connectivity index is 1.83. The van der Waals surface area contributed by atoms with Crippen molar-refractivity contribution in [2.45, 2.75) is 52.0 Å². The maximum atomic E-state index is 12.5. The minimum atomic E-state index is -0.253. The number of ether oxygens (including phenoxy) is 1. The fourth-order valence-corrected chi connectivity index (χ4v) is 3.35. The predicted molar refractivity (Wildman–Crippen MR) is 98.4 cm³/mol. The van der Waals surface area contributed by atoms with Crippen molar-refractivity contribution in [2.75, 3.05) is 19.7 Å². The molecule has 1 heterocycles. The molecule has 1 saturated heterocycles. The lowest BCUT2D eigenvalue weighted by atomic mass is 9.85. The van der Waals surface area contributed by atoms with Crippen molar-refractivity contribution in [3.8, 4) is 0 Å². The number of nitrogens with zero attached hydrogens (tertiary/aromatic N) is 1. The smallest absolute Gasteiger partial charge is 0.409 e. The highest BCUT2D eigenvalue weighted by atomic mass is 16.6. The lowest BCUT2D eigenvalue weighted by Crippen LogP contribution is -2.47. The molecule has 0 aliphatic carbocycles. The van der Waals surface area contributed by atoms with Gasteiger partial charge >= 0.3 is 6.09 Å². The predicted octanol–water partition coefficient (Wildman–Crippen LogP) is 3.55. The molecule has 2 rings (SSSR count). The van der Waals surface area contributed by atoms with Gasteiger partial charge in [0.05, 0.1) is 6.61 Å². The van der Waals surface area contributed by atoms with Gasteiger partial charge in [-0.05, 0) is 37.2 Å². The van der Waals surface area contributed by atoms with Gasteiger partial charge in [0.15, 0.2) is 0 Å². The number of carbonyl (C=O) groups is 2. The van der Waals surface area contributed by atoms with E-state index in [0.29, 0.717) is 32.0 Å². The van der Waals surface area contributed by atoms with E-state index in [1.807, 2.05) is 25.1 Å². The standard InChI is InChI=1S/C20H30N2O3/c1-4-25-20(24)22-12-10-17(11-13-22)21-19(23)14-18(15(2)3)16-8-6-5-7-9-16/h5-9,15,17-18H,4,10-14H2,1-3H3,(H,21,23). The third-order valence-corrected chi connectivity index (χ3v) is 4.82. The third-order valence-electron chi connectivity index (χ3n) is 4.82. The molecule has 1 N–H and O–H groups in total. The normalized spacial score (nSPS) is 16.6. The van der Waals surface area contributed by atoms with Crippen molar-refractivity contribution in [1.82, 2.24) is 10.2 Å². The average molecular weight is 346 g/mol. The summed E-state index contributed by atoms with van der Waals surface area (Å²) >= 11 is 0. The molecule has 138 valence electrons. The van der Waals surface area contributed by atoms with E-state index in [-0.39, 0.29) is 24.0 Å². The van der Waals surface area contributed by atoms with E-state index in [0.717, 1.165) is 12.8 Å². The summed E-state index contributed by atoms with van der Waals surface area (Å²) in [4.78, 5) is 25.9. The molecule has 1 atom stereocenters. The number of benzene rings is 1. The van der Waals surface area contributed by atoms with E-state index in [2.05, 4.69) is 31.3 Å². The molecule has 5 heteroatoms. The molecule has 0 saturated carbocycles. The lowest BCUT2D eigenvalue weighted by Gasteiger charge is -2.32. The Labute approximate surface area is 150 Å². The van der Waals surface area contributed by atoms with Crippen LogP contribution >= 0.6 is 0 Å².